The minimum absolute atomic E-state index is 0.0874. The Balaban J connectivity index is 1.25. The van der Waals surface area contributed by atoms with Crippen LogP contribution in [0.15, 0.2) is 23.4 Å². The number of alkyl halides is 2. The van der Waals surface area contributed by atoms with E-state index in [0.717, 1.165) is 16.4 Å². The van der Waals surface area contributed by atoms with Crippen LogP contribution >= 0.6 is 18.3 Å². The number of nitrogens with one attached hydrogen (secondary N) is 1. The zero-order valence-electron chi connectivity index (χ0n) is 20.6. The third kappa shape index (κ3) is 4.67. The fraction of sp³-hybridized carbons (Fsp3) is 0.500. The first-order chi connectivity index (χ1) is 19.5. The predicted octanol–water partition coefficient (Wildman–Crippen LogP) is -0.648. The van der Waals surface area contributed by atoms with Gasteiger partial charge in [-0.15, -0.1) is 16.9 Å². The number of aromatic amines is 1. The van der Waals surface area contributed by atoms with Crippen molar-refractivity contribution in [2.24, 2.45) is 0 Å². The third-order valence-electron chi connectivity index (χ3n) is 6.97. The quantitative estimate of drug-likeness (QED) is 0.139. The van der Waals surface area contributed by atoms with E-state index in [1.165, 1.54) is 17.1 Å². The lowest BCUT2D eigenvalue weighted by atomic mass is 10.1. The first-order valence-electron chi connectivity index (χ1n) is 12.0. The van der Waals surface area contributed by atoms with E-state index in [1.54, 1.807) is 6.07 Å². The van der Waals surface area contributed by atoms with Crippen molar-refractivity contribution in [2.75, 3.05) is 24.7 Å². The van der Waals surface area contributed by atoms with Crippen molar-refractivity contribution in [2.45, 2.75) is 47.1 Å². The molecule has 2 unspecified atom stereocenters. The second kappa shape index (κ2) is 10.5. The highest BCUT2D eigenvalue weighted by atomic mass is 32.5. The van der Waals surface area contributed by atoms with Gasteiger partial charge in [0, 0.05) is 6.20 Å². The number of fused-ring (bicyclic) bond motifs is 2. The number of nitrogens with two attached hydrogens (primary N) is 2. The smallest absolute Gasteiger partial charge is 0.282 e. The number of aliphatic hydroxyl groups excluding tert-OH is 2. The molecule has 0 spiro atoms. The van der Waals surface area contributed by atoms with Gasteiger partial charge in [0.05, 0.1) is 29.5 Å². The van der Waals surface area contributed by atoms with E-state index in [4.69, 9.17) is 32.5 Å². The molecule has 8 N–H and O–H groups in total. The van der Waals surface area contributed by atoms with Gasteiger partial charge in [-0.3, -0.25) is 9.78 Å². The largest absolute Gasteiger partial charge is 0.395 e. The van der Waals surface area contributed by atoms with E-state index >= 15 is 8.78 Å². The summed E-state index contributed by atoms with van der Waals surface area (Å²) in [6.45, 7) is -5.33. The first-order valence-corrected chi connectivity index (χ1v) is 15.7. The fourth-order valence-electron chi connectivity index (χ4n) is 4.96. The number of aromatic nitrogens is 8. The van der Waals surface area contributed by atoms with Gasteiger partial charge in [-0.25, -0.2) is 23.4 Å². The van der Waals surface area contributed by atoms with Gasteiger partial charge in [0.1, 0.15) is 41.5 Å². The molecule has 220 valence electrons. The van der Waals surface area contributed by atoms with Crippen molar-refractivity contribution in [3.63, 3.8) is 0 Å². The average molecular weight is 633 g/mol. The molecule has 2 fully saturated rings. The van der Waals surface area contributed by atoms with Crippen LogP contribution in [0.5, 0.6) is 0 Å². The molecule has 4 aromatic rings. The second-order valence-electron chi connectivity index (χ2n) is 9.42. The predicted molar refractivity (Wildman–Crippen MR) is 146 cm³/mol. The molecule has 0 aromatic carbocycles. The van der Waals surface area contributed by atoms with Gasteiger partial charge in [0.25, 0.3) is 5.56 Å². The number of ether oxygens (including phenoxy) is 1. The van der Waals surface area contributed by atoms with Gasteiger partial charge in [-0.2, -0.15) is 4.98 Å². The summed E-state index contributed by atoms with van der Waals surface area (Å²) in [7, 11) is 0. The number of nitrogens with zero attached hydrogens (tertiary/aromatic N) is 7. The van der Waals surface area contributed by atoms with Gasteiger partial charge >= 0.3 is 0 Å². The van der Waals surface area contributed by atoms with E-state index in [2.05, 4.69) is 30.2 Å². The summed E-state index contributed by atoms with van der Waals surface area (Å²) in [5.41, 5.74) is 9.37. The number of thioether (sulfide) groups is 1. The number of anilines is 2. The summed E-state index contributed by atoms with van der Waals surface area (Å²) < 4.78 is 44.6. The van der Waals surface area contributed by atoms with Crippen LogP contribution in [-0.2, 0) is 21.1 Å². The molecule has 41 heavy (non-hydrogen) atoms. The number of hydrogen-bond acceptors (Lipinski definition) is 14. The summed E-state index contributed by atoms with van der Waals surface area (Å²) in [6, 6.07) is 1.57. The highest BCUT2D eigenvalue weighted by Crippen LogP contribution is 2.62. The zero-order valence-corrected chi connectivity index (χ0v) is 23.2. The van der Waals surface area contributed by atoms with E-state index in [-0.39, 0.29) is 28.6 Å². The van der Waals surface area contributed by atoms with Crippen molar-refractivity contribution in [3.8, 4) is 0 Å². The summed E-state index contributed by atoms with van der Waals surface area (Å²) >= 11 is 6.26. The van der Waals surface area contributed by atoms with Gasteiger partial charge < -0.3 is 40.4 Å². The van der Waals surface area contributed by atoms with Crippen LogP contribution in [-0.4, -0.2) is 103 Å². The van der Waals surface area contributed by atoms with Crippen molar-refractivity contribution < 1.29 is 33.1 Å². The molecule has 6 heterocycles. The molecule has 0 aliphatic carbocycles. The van der Waals surface area contributed by atoms with Crippen LogP contribution in [0, 0.1) is 0 Å². The molecular weight excluding hydrogens is 609 g/mol. The summed E-state index contributed by atoms with van der Waals surface area (Å²) in [5.74, 6) is -0.0646. The third-order valence-corrected chi connectivity index (χ3v) is 11.6. The monoisotopic (exact) mass is 632 g/mol. The van der Waals surface area contributed by atoms with Crippen molar-refractivity contribution in [1.82, 2.24) is 39.5 Å². The molecule has 16 nitrogen and oxygen atoms in total. The topological polar surface area (TPSA) is 238 Å². The Morgan fingerprint density at radius 3 is 2.80 bits per heavy atom. The lowest BCUT2D eigenvalue weighted by molar-refractivity contribution is -0.0413. The number of H-pyrrole nitrogens is 1. The summed E-state index contributed by atoms with van der Waals surface area (Å²) in [4.78, 5) is 37.8. The van der Waals surface area contributed by atoms with Gasteiger partial charge in [-0.1, -0.05) is 5.21 Å². The molecule has 2 aliphatic rings. The van der Waals surface area contributed by atoms with E-state index in [0.29, 0.717) is 5.39 Å². The molecule has 2 saturated heterocycles. The maximum Gasteiger partial charge on any atom is 0.282 e. The molecule has 0 saturated carbocycles. The Morgan fingerprint density at radius 2 is 2.05 bits per heavy atom. The summed E-state index contributed by atoms with van der Waals surface area (Å²) in [5, 5.41) is 26.3. The van der Waals surface area contributed by atoms with Crippen molar-refractivity contribution in [1.29, 1.82) is 0 Å². The molecular formula is C20H23F2N10O6PS2. The van der Waals surface area contributed by atoms with Crippen LogP contribution in [0.2, 0.25) is 0 Å². The normalized spacial score (nSPS) is 31.7. The first kappa shape index (κ1) is 28.3. The number of rotatable bonds is 7. The van der Waals surface area contributed by atoms with Gasteiger partial charge in [-0.05, 0) is 17.9 Å². The van der Waals surface area contributed by atoms with Crippen LogP contribution < -0.4 is 17.0 Å². The van der Waals surface area contributed by atoms with Crippen LogP contribution in [0.4, 0.5) is 20.5 Å². The Labute approximate surface area is 237 Å². The van der Waals surface area contributed by atoms with Crippen LogP contribution in [0.3, 0.4) is 0 Å². The Hall–Kier alpha value is -2.84. The Morgan fingerprint density at radius 1 is 1.27 bits per heavy atom. The number of aliphatic hydroxyl groups is 2. The SMILES string of the molecule is Nc1nc2c(nnn2[C@@H]2SC(CO)[C@@H](F)[C@H]2P(O)(=S)OC[C@H]2O[C@@H](n3ccc4c(N)ncnc43)[C@@H](F)[C@@H]2O)c(=O)[nH]1. The minimum Gasteiger partial charge on any atom is -0.395 e. The average Bonchev–Trinajstić information content (AvgIpc) is 3.68. The lowest BCUT2D eigenvalue weighted by Gasteiger charge is -2.29. The summed E-state index contributed by atoms with van der Waals surface area (Å²) in [6.07, 6.45) is -5.42. The highest BCUT2D eigenvalue weighted by molar-refractivity contribution is 8.10. The fourth-order valence-corrected chi connectivity index (χ4v) is 9.77. The van der Waals surface area contributed by atoms with Gasteiger partial charge in [0.2, 0.25) is 5.95 Å². The van der Waals surface area contributed by atoms with E-state index in [1.807, 2.05) is 0 Å². The Kier molecular flexibility index (Phi) is 7.22. The van der Waals surface area contributed by atoms with E-state index < -0.39 is 72.3 Å². The molecule has 21 heteroatoms. The minimum atomic E-state index is -4.13. The standard InChI is InChI=1S/C20H23F2N10O6PS2/c21-9-8(3-33)41-19(32-16-11(29-30-32)17(35)28-20(24)27-16)13(9)39(36,40)37-4-7-12(34)10(22)18(38-7)31-2-1-6-14(23)25-5-26-15(6)31/h1-2,5,7-10,12-13,18-19,33-34H,3-4H2,(H,36,40)(H2,23,25,26)(H3,24,27,28,35)/t7-,8?,9-,10+,12-,13-,18-,19-,39?/m1/s1. The zero-order chi connectivity index (χ0) is 29.2. The number of halogens is 2. The molecule has 2 aliphatic heterocycles. The molecule has 0 amide bonds. The number of hydrogen-bond donors (Lipinski definition) is 6. The second-order valence-corrected chi connectivity index (χ2v) is 14.3. The highest BCUT2D eigenvalue weighted by Gasteiger charge is 2.54. The van der Waals surface area contributed by atoms with Crippen LogP contribution in [0.1, 0.15) is 11.6 Å². The van der Waals surface area contributed by atoms with Crippen molar-refractivity contribution >= 4 is 64.0 Å². The number of nitrogen functional groups attached to an aromatic ring is 2. The maximum absolute atomic E-state index is 15.6. The van der Waals surface area contributed by atoms with E-state index in [9.17, 15) is 19.9 Å². The Bertz CT molecular complexity index is 1720. The molecule has 0 bridgehead atoms. The maximum atomic E-state index is 15.6. The molecule has 0 radical (unpaired) electrons. The molecule has 4 aromatic heterocycles. The molecule has 6 rings (SSSR count). The van der Waals surface area contributed by atoms with Gasteiger partial charge in [0.15, 0.2) is 30.1 Å². The molecule has 9 atom stereocenters. The lowest BCUT2D eigenvalue weighted by Crippen LogP contribution is -2.34. The van der Waals surface area contributed by atoms with Crippen molar-refractivity contribution in [3.05, 3.63) is 28.9 Å². The van der Waals surface area contributed by atoms with Crippen LogP contribution in [0.25, 0.3) is 22.2 Å².